The van der Waals surface area contributed by atoms with Crippen molar-refractivity contribution in [3.05, 3.63) is 47.5 Å². The third-order valence-electron chi connectivity index (χ3n) is 5.32. The average Bonchev–Trinajstić information content (AvgIpc) is 2.83. The van der Waals surface area contributed by atoms with E-state index in [2.05, 4.69) is 11.8 Å². The number of carbonyl (C=O) groups is 1. The SMILES string of the molecule is COc1ccc2c(c1)C(N1CCN(C(C)=O)[C@H](C)C1)=Nc1ccc(C)cc1O2. The van der Waals surface area contributed by atoms with Gasteiger partial charge in [-0.05, 0) is 49.7 Å². The molecule has 2 aliphatic rings. The molecule has 0 aliphatic carbocycles. The lowest BCUT2D eigenvalue weighted by molar-refractivity contribution is -0.132. The lowest BCUT2D eigenvalue weighted by Crippen LogP contribution is -2.55. The molecule has 1 atom stereocenters. The summed E-state index contributed by atoms with van der Waals surface area (Å²) < 4.78 is 11.7. The molecule has 1 saturated heterocycles. The normalized spacial score (nSPS) is 18.4. The highest BCUT2D eigenvalue weighted by Crippen LogP contribution is 2.40. The molecule has 6 nitrogen and oxygen atoms in total. The highest BCUT2D eigenvalue weighted by Gasteiger charge is 2.30. The largest absolute Gasteiger partial charge is 0.497 e. The van der Waals surface area contributed by atoms with E-state index in [0.717, 1.165) is 53.0 Å². The van der Waals surface area contributed by atoms with Gasteiger partial charge >= 0.3 is 0 Å². The molecule has 0 spiro atoms. The van der Waals surface area contributed by atoms with Crippen LogP contribution in [0.25, 0.3) is 0 Å². The standard InChI is InChI=1S/C22H25N3O3/c1-14-5-7-19-21(11-14)28-20-8-6-17(27-4)12-18(20)22(23-19)24-9-10-25(16(3)26)15(2)13-24/h5-8,11-12,15H,9-10,13H2,1-4H3/t15-/m1/s1. The van der Waals surface area contributed by atoms with Gasteiger partial charge in [0.25, 0.3) is 0 Å². The fourth-order valence-electron chi connectivity index (χ4n) is 3.85. The Bertz CT molecular complexity index is 954. The van der Waals surface area contributed by atoms with Gasteiger partial charge in [-0.25, -0.2) is 4.99 Å². The Morgan fingerprint density at radius 2 is 2.00 bits per heavy atom. The molecule has 0 bridgehead atoms. The molecule has 2 aromatic rings. The first-order valence-electron chi connectivity index (χ1n) is 9.54. The van der Waals surface area contributed by atoms with Gasteiger partial charge in [0.15, 0.2) is 5.75 Å². The van der Waals surface area contributed by atoms with Crippen molar-refractivity contribution >= 4 is 17.4 Å². The molecule has 28 heavy (non-hydrogen) atoms. The summed E-state index contributed by atoms with van der Waals surface area (Å²) in [5, 5.41) is 0. The molecular weight excluding hydrogens is 354 g/mol. The van der Waals surface area contributed by atoms with E-state index in [9.17, 15) is 4.79 Å². The number of aliphatic imine (C=N–C) groups is 1. The maximum Gasteiger partial charge on any atom is 0.219 e. The van der Waals surface area contributed by atoms with Crippen LogP contribution < -0.4 is 9.47 Å². The number of amidine groups is 1. The van der Waals surface area contributed by atoms with Crippen LogP contribution in [-0.4, -0.2) is 54.3 Å². The van der Waals surface area contributed by atoms with Crippen LogP contribution in [0.1, 0.15) is 25.0 Å². The fraction of sp³-hybridized carbons (Fsp3) is 0.364. The molecule has 2 heterocycles. The van der Waals surface area contributed by atoms with Crippen molar-refractivity contribution in [3.8, 4) is 17.2 Å². The minimum absolute atomic E-state index is 0.112. The van der Waals surface area contributed by atoms with E-state index in [0.29, 0.717) is 6.54 Å². The lowest BCUT2D eigenvalue weighted by Gasteiger charge is -2.40. The zero-order valence-corrected chi connectivity index (χ0v) is 16.7. The number of hydrogen-bond acceptors (Lipinski definition) is 5. The summed E-state index contributed by atoms with van der Waals surface area (Å²) in [6.07, 6.45) is 0. The fourth-order valence-corrected chi connectivity index (χ4v) is 3.85. The van der Waals surface area contributed by atoms with Gasteiger partial charge in [-0.3, -0.25) is 4.79 Å². The number of rotatable bonds is 1. The summed E-state index contributed by atoms with van der Waals surface area (Å²) in [6, 6.07) is 11.9. The summed E-state index contributed by atoms with van der Waals surface area (Å²) in [5.41, 5.74) is 2.82. The molecule has 146 valence electrons. The molecule has 0 saturated carbocycles. The van der Waals surface area contributed by atoms with Crippen molar-refractivity contribution in [2.24, 2.45) is 4.99 Å². The lowest BCUT2D eigenvalue weighted by atomic mass is 10.1. The molecular formula is C22H25N3O3. The number of carbonyl (C=O) groups excluding carboxylic acids is 1. The second-order valence-electron chi connectivity index (χ2n) is 7.38. The third-order valence-corrected chi connectivity index (χ3v) is 5.32. The Labute approximate surface area is 165 Å². The van der Waals surface area contributed by atoms with Gasteiger partial charge in [-0.2, -0.15) is 0 Å². The number of amides is 1. The summed E-state index contributed by atoms with van der Waals surface area (Å²) in [6.45, 7) is 7.86. The van der Waals surface area contributed by atoms with Crippen molar-refractivity contribution in [2.45, 2.75) is 26.8 Å². The van der Waals surface area contributed by atoms with Crippen molar-refractivity contribution in [1.29, 1.82) is 0 Å². The van der Waals surface area contributed by atoms with Crippen LogP contribution >= 0.6 is 0 Å². The average molecular weight is 379 g/mol. The van der Waals surface area contributed by atoms with Crippen LogP contribution in [-0.2, 0) is 4.79 Å². The first-order valence-corrected chi connectivity index (χ1v) is 9.54. The molecule has 4 rings (SSSR count). The van der Waals surface area contributed by atoms with E-state index in [-0.39, 0.29) is 11.9 Å². The molecule has 2 aliphatic heterocycles. The first kappa shape index (κ1) is 18.3. The van der Waals surface area contributed by atoms with E-state index < -0.39 is 0 Å². The molecule has 6 heteroatoms. The van der Waals surface area contributed by atoms with Gasteiger partial charge in [0.05, 0.1) is 12.7 Å². The molecule has 0 unspecified atom stereocenters. The Morgan fingerprint density at radius 1 is 1.18 bits per heavy atom. The van der Waals surface area contributed by atoms with Crippen LogP contribution in [0.5, 0.6) is 17.2 Å². The Balaban J connectivity index is 1.79. The smallest absolute Gasteiger partial charge is 0.219 e. The zero-order chi connectivity index (χ0) is 19.8. The van der Waals surface area contributed by atoms with Gasteiger partial charge in [0.2, 0.25) is 5.91 Å². The molecule has 0 N–H and O–H groups in total. The molecule has 0 aromatic heterocycles. The van der Waals surface area contributed by atoms with Crippen LogP contribution in [0, 0.1) is 6.92 Å². The number of piperazine rings is 1. The van der Waals surface area contributed by atoms with Gasteiger partial charge in [0.1, 0.15) is 23.0 Å². The number of fused-ring (bicyclic) bond motifs is 2. The van der Waals surface area contributed by atoms with Gasteiger partial charge in [-0.15, -0.1) is 0 Å². The van der Waals surface area contributed by atoms with Gasteiger partial charge in [0, 0.05) is 32.6 Å². The zero-order valence-electron chi connectivity index (χ0n) is 16.7. The van der Waals surface area contributed by atoms with Crippen molar-refractivity contribution in [2.75, 3.05) is 26.7 Å². The highest BCUT2D eigenvalue weighted by molar-refractivity contribution is 6.04. The van der Waals surface area contributed by atoms with Crippen LogP contribution in [0.3, 0.4) is 0 Å². The number of hydrogen-bond donors (Lipinski definition) is 0. The van der Waals surface area contributed by atoms with Crippen molar-refractivity contribution < 1.29 is 14.3 Å². The maximum absolute atomic E-state index is 11.9. The number of nitrogens with zero attached hydrogens (tertiary/aromatic N) is 3. The predicted molar refractivity (Wildman–Crippen MR) is 109 cm³/mol. The Morgan fingerprint density at radius 3 is 2.71 bits per heavy atom. The first-order chi connectivity index (χ1) is 13.5. The minimum Gasteiger partial charge on any atom is -0.497 e. The summed E-state index contributed by atoms with van der Waals surface area (Å²) in [5.74, 6) is 3.22. The summed E-state index contributed by atoms with van der Waals surface area (Å²) >= 11 is 0. The summed E-state index contributed by atoms with van der Waals surface area (Å²) in [7, 11) is 1.65. The molecule has 1 amide bonds. The van der Waals surface area contributed by atoms with Crippen molar-refractivity contribution in [3.63, 3.8) is 0 Å². The highest BCUT2D eigenvalue weighted by atomic mass is 16.5. The molecule has 0 radical (unpaired) electrons. The molecule has 2 aromatic carbocycles. The summed E-state index contributed by atoms with van der Waals surface area (Å²) in [4.78, 5) is 21.0. The van der Waals surface area contributed by atoms with E-state index in [1.165, 1.54) is 0 Å². The monoisotopic (exact) mass is 379 g/mol. The Kier molecular flexibility index (Phi) is 4.71. The van der Waals surface area contributed by atoms with E-state index in [1.54, 1.807) is 14.0 Å². The van der Waals surface area contributed by atoms with Crippen molar-refractivity contribution in [1.82, 2.24) is 9.80 Å². The number of ether oxygens (including phenoxy) is 2. The number of methoxy groups -OCH3 is 1. The number of benzene rings is 2. The number of aryl methyl sites for hydroxylation is 1. The van der Waals surface area contributed by atoms with Crippen LogP contribution in [0.4, 0.5) is 5.69 Å². The van der Waals surface area contributed by atoms with E-state index >= 15 is 0 Å². The van der Waals surface area contributed by atoms with Crippen LogP contribution in [0.15, 0.2) is 41.4 Å². The van der Waals surface area contributed by atoms with Gasteiger partial charge < -0.3 is 19.3 Å². The maximum atomic E-state index is 11.9. The topological polar surface area (TPSA) is 54.4 Å². The quantitative estimate of drug-likeness (QED) is 0.757. The van der Waals surface area contributed by atoms with E-state index in [1.807, 2.05) is 48.2 Å². The predicted octanol–water partition coefficient (Wildman–Crippen LogP) is 3.74. The Hall–Kier alpha value is -3.02. The molecule has 1 fully saturated rings. The van der Waals surface area contributed by atoms with Crippen LogP contribution in [0.2, 0.25) is 0 Å². The second kappa shape index (κ2) is 7.19. The minimum atomic E-state index is 0.112. The third kappa shape index (κ3) is 3.30. The van der Waals surface area contributed by atoms with E-state index in [4.69, 9.17) is 14.5 Å². The van der Waals surface area contributed by atoms with Gasteiger partial charge in [-0.1, -0.05) is 6.07 Å². The second-order valence-corrected chi connectivity index (χ2v) is 7.38.